The van der Waals surface area contributed by atoms with Crippen LogP contribution in [-0.4, -0.2) is 8.42 Å². The van der Waals surface area contributed by atoms with E-state index in [1.54, 1.807) is 24.3 Å². The van der Waals surface area contributed by atoms with Crippen LogP contribution >= 0.6 is 0 Å². The van der Waals surface area contributed by atoms with Gasteiger partial charge in [-0.2, -0.15) is 8.42 Å². The molecule has 2 rings (SSSR count). The largest absolute Gasteiger partial charge is 0.325 e. The lowest BCUT2D eigenvalue weighted by atomic mass is 10.2. The van der Waals surface area contributed by atoms with Gasteiger partial charge < -0.3 is 4.89 Å². The molecular formula is C8H6O4S. The van der Waals surface area contributed by atoms with Crippen LogP contribution in [0.3, 0.4) is 0 Å². The number of hydrogen-bond donors (Lipinski definition) is 0. The predicted molar refractivity (Wildman–Crippen MR) is 46.1 cm³/mol. The van der Waals surface area contributed by atoms with Crippen molar-refractivity contribution in [3.63, 3.8) is 0 Å². The molecule has 0 amide bonds. The summed E-state index contributed by atoms with van der Waals surface area (Å²) in [6.45, 7) is 0. The van der Waals surface area contributed by atoms with Crippen LogP contribution in [0.4, 0.5) is 0 Å². The Kier molecular flexibility index (Phi) is 1.82. The van der Waals surface area contributed by atoms with E-state index >= 15 is 0 Å². The van der Waals surface area contributed by atoms with Crippen LogP contribution < -0.4 is 4.89 Å². The van der Waals surface area contributed by atoms with Gasteiger partial charge in [-0.05, 0) is 12.1 Å². The first kappa shape index (κ1) is 8.28. The van der Waals surface area contributed by atoms with Crippen molar-refractivity contribution in [1.29, 1.82) is 0 Å². The third-order valence-electron chi connectivity index (χ3n) is 1.55. The molecule has 0 atom stereocenters. The van der Waals surface area contributed by atoms with Gasteiger partial charge in [-0.1, -0.05) is 22.5 Å². The van der Waals surface area contributed by atoms with Gasteiger partial charge in [0.15, 0.2) is 5.75 Å². The lowest BCUT2D eigenvalue weighted by Crippen LogP contribution is -2.03. The highest BCUT2D eigenvalue weighted by Gasteiger charge is 2.14. The van der Waals surface area contributed by atoms with E-state index in [-0.39, 0.29) is 0 Å². The molecule has 0 spiro atoms. The monoisotopic (exact) mass is 198 g/mol. The summed E-state index contributed by atoms with van der Waals surface area (Å²) in [6.07, 6.45) is 1.43. The molecule has 1 heterocycles. The first-order valence-corrected chi connectivity index (χ1v) is 5.03. The highest BCUT2D eigenvalue weighted by molar-refractivity contribution is 7.89. The number of fused-ring (bicyclic) bond motifs is 1. The van der Waals surface area contributed by atoms with Crippen molar-refractivity contribution in [3.8, 4) is 5.75 Å². The molecule has 0 aromatic heterocycles. The average Bonchev–Trinajstić information content (AvgIpc) is 2.27. The molecule has 1 aliphatic rings. The van der Waals surface area contributed by atoms with E-state index in [0.29, 0.717) is 11.3 Å². The maximum absolute atomic E-state index is 10.9. The molecule has 5 heteroatoms. The Morgan fingerprint density at radius 2 is 1.92 bits per heavy atom. The van der Waals surface area contributed by atoms with Crippen LogP contribution in [-0.2, 0) is 14.5 Å². The van der Waals surface area contributed by atoms with Crippen molar-refractivity contribution in [1.82, 2.24) is 0 Å². The summed E-state index contributed by atoms with van der Waals surface area (Å²) in [4.78, 5) is 4.61. The first-order valence-electron chi connectivity index (χ1n) is 3.56. The highest BCUT2D eigenvalue weighted by atomic mass is 32.2. The summed E-state index contributed by atoms with van der Waals surface area (Å²) >= 11 is 0. The number of hydrogen-bond acceptors (Lipinski definition) is 4. The highest BCUT2D eigenvalue weighted by Crippen LogP contribution is 2.23. The molecule has 0 unspecified atom stereocenters. The fraction of sp³-hybridized carbons (Fsp3) is 0. The Morgan fingerprint density at radius 3 is 2.77 bits per heavy atom. The summed E-state index contributed by atoms with van der Waals surface area (Å²) in [5.74, 6) is 0.389. The molecule has 1 aliphatic heterocycles. The van der Waals surface area contributed by atoms with E-state index < -0.39 is 10.1 Å². The smallest absolute Gasteiger partial charge is 0.320 e. The zero-order chi connectivity index (χ0) is 9.31. The lowest BCUT2D eigenvalue weighted by Gasteiger charge is -2.00. The molecule has 0 fully saturated rings. The van der Waals surface area contributed by atoms with Gasteiger partial charge in [0.1, 0.15) is 0 Å². The Labute approximate surface area is 75.5 Å². The van der Waals surface area contributed by atoms with Gasteiger partial charge in [-0.3, -0.25) is 0 Å². The minimum absolute atomic E-state index is 0.389. The van der Waals surface area contributed by atoms with Crippen LogP contribution in [0.25, 0.3) is 6.08 Å². The minimum atomic E-state index is -3.69. The zero-order valence-electron chi connectivity index (χ0n) is 6.51. The second-order valence-electron chi connectivity index (χ2n) is 2.48. The Morgan fingerprint density at radius 1 is 1.15 bits per heavy atom. The topological polar surface area (TPSA) is 52.6 Å². The van der Waals surface area contributed by atoms with Gasteiger partial charge in [0.05, 0.1) is 5.41 Å². The summed E-state index contributed by atoms with van der Waals surface area (Å²) in [5.41, 5.74) is 0.670. The zero-order valence-corrected chi connectivity index (χ0v) is 7.32. The molecule has 4 nitrogen and oxygen atoms in total. The predicted octanol–water partition coefficient (Wildman–Crippen LogP) is 1.31. The third-order valence-corrected chi connectivity index (χ3v) is 2.28. The van der Waals surface area contributed by atoms with Crippen molar-refractivity contribution in [2.24, 2.45) is 0 Å². The molecule has 0 N–H and O–H groups in total. The number of rotatable bonds is 0. The van der Waals surface area contributed by atoms with E-state index in [1.807, 2.05) is 0 Å². The summed E-state index contributed by atoms with van der Waals surface area (Å²) in [6, 6.07) is 6.87. The fourth-order valence-corrected chi connectivity index (χ4v) is 1.48. The van der Waals surface area contributed by atoms with Crippen LogP contribution in [0, 0.1) is 0 Å². The molecule has 13 heavy (non-hydrogen) atoms. The fourth-order valence-electron chi connectivity index (χ4n) is 0.958. The van der Waals surface area contributed by atoms with Crippen molar-refractivity contribution < 1.29 is 17.6 Å². The van der Waals surface area contributed by atoms with Crippen molar-refractivity contribution >= 4 is 16.2 Å². The lowest BCUT2D eigenvalue weighted by molar-refractivity contribution is -0.0904. The van der Waals surface area contributed by atoms with Crippen LogP contribution in [0.1, 0.15) is 5.56 Å². The van der Waals surface area contributed by atoms with Gasteiger partial charge in [0.2, 0.25) is 0 Å². The quantitative estimate of drug-likeness (QED) is 0.590. The SMILES string of the molecule is O=S1(=O)C=Cc2ccccc2OO1. The number of para-hydroxylation sites is 1. The Hall–Kier alpha value is -1.33. The maximum Gasteiger partial charge on any atom is 0.325 e. The Bertz CT molecular complexity index is 447. The van der Waals surface area contributed by atoms with E-state index in [2.05, 4.69) is 9.22 Å². The van der Waals surface area contributed by atoms with Gasteiger partial charge in [0, 0.05) is 5.56 Å². The summed E-state index contributed by atoms with van der Waals surface area (Å²) < 4.78 is 26.0. The maximum atomic E-state index is 10.9. The van der Waals surface area contributed by atoms with E-state index in [1.165, 1.54) is 6.08 Å². The van der Waals surface area contributed by atoms with Crippen molar-refractivity contribution in [2.75, 3.05) is 0 Å². The van der Waals surface area contributed by atoms with Crippen LogP contribution in [0.15, 0.2) is 29.7 Å². The van der Waals surface area contributed by atoms with Crippen LogP contribution in [0.5, 0.6) is 5.75 Å². The molecule has 68 valence electrons. The van der Waals surface area contributed by atoms with E-state index in [0.717, 1.165) is 5.41 Å². The first-order chi connectivity index (χ1) is 6.17. The average molecular weight is 198 g/mol. The van der Waals surface area contributed by atoms with Gasteiger partial charge >= 0.3 is 10.1 Å². The van der Waals surface area contributed by atoms with Gasteiger partial charge in [0.25, 0.3) is 0 Å². The third kappa shape index (κ3) is 1.71. The van der Waals surface area contributed by atoms with Gasteiger partial charge in [-0.25, -0.2) is 0 Å². The molecular weight excluding hydrogens is 192 g/mol. The molecule has 0 bridgehead atoms. The summed E-state index contributed by atoms with van der Waals surface area (Å²) in [5, 5.41) is 0.957. The second-order valence-corrected chi connectivity index (χ2v) is 3.88. The standard InChI is InChI=1S/C8H6O4S/c9-13(10)6-5-7-3-1-2-4-8(7)11-12-13/h1-6H. The molecule has 0 aliphatic carbocycles. The number of benzene rings is 1. The normalized spacial score (nSPS) is 18.5. The van der Waals surface area contributed by atoms with Crippen molar-refractivity contribution in [3.05, 3.63) is 35.2 Å². The minimum Gasteiger partial charge on any atom is -0.320 e. The van der Waals surface area contributed by atoms with E-state index in [9.17, 15) is 8.42 Å². The summed E-state index contributed by atoms with van der Waals surface area (Å²) in [7, 11) is -3.69. The molecule has 0 saturated heterocycles. The molecule has 1 aromatic carbocycles. The van der Waals surface area contributed by atoms with E-state index in [4.69, 9.17) is 0 Å². The molecule has 0 saturated carbocycles. The molecule has 0 radical (unpaired) electrons. The van der Waals surface area contributed by atoms with Gasteiger partial charge in [-0.15, -0.1) is 0 Å². The van der Waals surface area contributed by atoms with Crippen molar-refractivity contribution in [2.45, 2.75) is 0 Å². The molecule has 1 aromatic rings. The Balaban J connectivity index is 2.51. The van der Waals surface area contributed by atoms with Crippen LogP contribution in [0.2, 0.25) is 0 Å². The second kappa shape index (κ2) is 2.86.